The molecule has 0 N–H and O–H groups in total. The molecule has 0 aliphatic carbocycles. The number of sulfonamides is 1. The van der Waals surface area contributed by atoms with Gasteiger partial charge in [-0.05, 0) is 39.5 Å². The Morgan fingerprint density at radius 1 is 1.41 bits per heavy atom. The van der Waals surface area contributed by atoms with Crippen molar-refractivity contribution < 1.29 is 13.2 Å². The molecule has 124 valence electrons. The Kier molecular flexibility index (Phi) is 4.56. The summed E-state index contributed by atoms with van der Waals surface area (Å²) < 4.78 is 35.3. The topological polar surface area (TPSA) is 64.4 Å². The standard InChI is InChI=1S/C15H25N3O3S/c1-12-10-15(5-9-21-12)22(19,20)18-7-3-4-14(18)11-17-8-6-16-13(17)2/h6,8,12,14-15H,3-5,7,9-11H2,1-2H3/t12-,14-,15+/m0/s1. The van der Waals surface area contributed by atoms with Crippen LogP contribution in [0.25, 0.3) is 0 Å². The zero-order valence-corrected chi connectivity index (χ0v) is 14.1. The number of aromatic nitrogens is 2. The Morgan fingerprint density at radius 2 is 2.23 bits per heavy atom. The van der Waals surface area contributed by atoms with E-state index in [2.05, 4.69) is 4.98 Å². The van der Waals surface area contributed by atoms with E-state index in [1.807, 2.05) is 24.6 Å². The molecule has 22 heavy (non-hydrogen) atoms. The molecule has 3 atom stereocenters. The predicted molar refractivity (Wildman–Crippen MR) is 84.0 cm³/mol. The fourth-order valence-electron chi connectivity index (χ4n) is 3.57. The molecule has 1 aromatic rings. The van der Waals surface area contributed by atoms with Crippen molar-refractivity contribution in [2.45, 2.75) is 63.5 Å². The zero-order valence-electron chi connectivity index (χ0n) is 13.3. The van der Waals surface area contributed by atoms with Crippen LogP contribution in [0.4, 0.5) is 0 Å². The summed E-state index contributed by atoms with van der Waals surface area (Å²) in [6.45, 7) is 5.80. The van der Waals surface area contributed by atoms with Crippen LogP contribution in [0.5, 0.6) is 0 Å². The number of aryl methyl sites for hydroxylation is 1. The summed E-state index contributed by atoms with van der Waals surface area (Å²) in [6, 6.07) is 0.0519. The van der Waals surface area contributed by atoms with Gasteiger partial charge in [-0.15, -0.1) is 0 Å². The molecule has 0 spiro atoms. The average Bonchev–Trinajstić information content (AvgIpc) is 3.10. The molecule has 0 amide bonds. The highest BCUT2D eigenvalue weighted by molar-refractivity contribution is 7.89. The molecule has 3 heterocycles. The molecule has 2 aliphatic heterocycles. The number of imidazole rings is 1. The maximum atomic E-state index is 13.0. The average molecular weight is 327 g/mol. The predicted octanol–water partition coefficient (Wildman–Crippen LogP) is 1.55. The third kappa shape index (κ3) is 3.07. The summed E-state index contributed by atoms with van der Waals surface area (Å²) in [4.78, 5) is 4.22. The van der Waals surface area contributed by atoms with Gasteiger partial charge in [-0.25, -0.2) is 13.4 Å². The highest BCUT2D eigenvalue weighted by Crippen LogP contribution is 2.30. The van der Waals surface area contributed by atoms with Crippen molar-refractivity contribution >= 4 is 10.0 Å². The molecule has 0 unspecified atom stereocenters. The molecular weight excluding hydrogens is 302 g/mol. The molecule has 7 heteroatoms. The van der Waals surface area contributed by atoms with E-state index >= 15 is 0 Å². The molecule has 6 nitrogen and oxygen atoms in total. The smallest absolute Gasteiger partial charge is 0.217 e. The van der Waals surface area contributed by atoms with Gasteiger partial charge in [0.2, 0.25) is 10.0 Å². The first kappa shape index (κ1) is 16.0. The molecule has 0 radical (unpaired) electrons. The number of hydrogen-bond acceptors (Lipinski definition) is 4. The van der Waals surface area contributed by atoms with Crippen LogP contribution in [-0.4, -0.2) is 52.8 Å². The fraction of sp³-hybridized carbons (Fsp3) is 0.800. The summed E-state index contributed by atoms with van der Waals surface area (Å²) in [7, 11) is -3.24. The largest absolute Gasteiger partial charge is 0.378 e. The van der Waals surface area contributed by atoms with E-state index in [-0.39, 0.29) is 17.4 Å². The van der Waals surface area contributed by atoms with Crippen molar-refractivity contribution in [1.29, 1.82) is 0 Å². The van der Waals surface area contributed by atoms with Gasteiger partial charge in [0, 0.05) is 38.1 Å². The van der Waals surface area contributed by atoms with Crippen molar-refractivity contribution in [3.8, 4) is 0 Å². The summed E-state index contributed by atoms with van der Waals surface area (Å²) in [6.07, 6.45) is 6.81. The Balaban J connectivity index is 1.75. The van der Waals surface area contributed by atoms with Gasteiger partial charge in [-0.1, -0.05) is 0 Å². The molecule has 2 aliphatic rings. The Bertz CT molecular complexity index is 613. The van der Waals surface area contributed by atoms with Crippen LogP contribution >= 0.6 is 0 Å². The van der Waals surface area contributed by atoms with Crippen LogP contribution in [0.1, 0.15) is 38.4 Å². The van der Waals surface area contributed by atoms with E-state index in [1.165, 1.54) is 0 Å². The van der Waals surface area contributed by atoms with E-state index in [9.17, 15) is 8.42 Å². The number of hydrogen-bond donors (Lipinski definition) is 0. The van der Waals surface area contributed by atoms with Gasteiger partial charge in [0.05, 0.1) is 11.4 Å². The van der Waals surface area contributed by atoms with Crippen molar-refractivity contribution in [3.63, 3.8) is 0 Å². The summed E-state index contributed by atoms with van der Waals surface area (Å²) in [5, 5.41) is -0.291. The quantitative estimate of drug-likeness (QED) is 0.842. The lowest BCUT2D eigenvalue weighted by Gasteiger charge is -2.33. The van der Waals surface area contributed by atoms with Crippen molar-refractivity contribution in [2.75, 3.05) is 13.2 Å². The minimum Gasteiger partial charge on any atom is -0.378 e. The van der Waals surface area contributed by atoms with Crippen molar-refractivity contribution in [2.24, 2.45) is 0 Å². The van der Waals surface area contributed by atoms with E-state index < -0.39 is 10.0 Å². The second-order valence-corrected chi connectivity index (χ2v) is 8.57. The van der Waals surface area contributed by atoms with Crippen molar-refractivity contribution in [3.05, 3.63) is 18.2 Å². The molecule has 2 fully saturated rings. The Hall–Kier alpha value is -0.920. The van der Waals surface area contributed by atoms with Crippen LogP contribution in [0, 0.1) is 6.92 Å². The summed E-state index contributed by atoms with van der Waals surface area (Å²) >= 11 is 0. The molecule has 2 saturated heterocycles. The number of ether oxygens (including phenoxy) is 1. The monoisotopic (exact) mass is 327 g/mol. The van der Waals surface area contributed by atoms with Gasteiger partial charge in [-0.2, -0.15) is 4.31 Å². The third-order valence-corrected chi connectivity index (χ3v) is 7.24. The summed E-state index contributed by atoms with van der Waals surface area (Å²) in [5.74, 6) is 0.934. The normalized spacial score (nSPS) is 30.7. The van der Waals surface area contributed by atoms with Crippen LogP contribution in [-0.2, 0) is 21.3 Å². The molecule has 0 aromatic carbocycles. The lowest BCUT2D eigenvalue weighted by molar-refractivity contribution is 0.0292. The van der Waals surface area contributed by atoms with Gasteiger partial charge < -0.3 is 9.30 Å². The second kappa shape index (κ2) is 6.29. The van der Waals surface area contributed by atoms with E-state index in [1.54, 1.807) is 10.5 Å². The maximum absolute atomic E-state index is 13.0. The van der Waals surface area contributed by atoms with Crippen molar-refractivity contribution in [1.82, 2.24) is 13.9 Å². The van der Waals surface area contributed by atoms with Gasteiger partial charge in [0.1, 0.15) is 5.82 Å². The molecule has 0 saturated carbocycles. The highest BCUT2D eigenvalue weighted by atomic mass is 32.2. The molecule has 1 aromatic heterocycles. The minimum absolute atomic E-state index is 0.0328. The lowest BCUT2D eigenvalue weighted by atomic mass is 10.1. The lowest BCUT2D eigenvalue weighted by Crippen LogP contribution is -2.46. The number of rotatable bonds is 4. The first-order valence-electron chi connectivity index (χ1n) is 8.08. The third-order valence-electron chi connectivity index (χ3n) is 4.84. The van der Waals surface area contributed by atoms with Gasteiger partial charge in [-0.3, -0.25) is 0 Å². The maximum Gasteiger partial charge on any atom is 0.217 e. The van der Waals surface area contributed by atoms with E-state index in [0.29, 0.717) is 32.5 Å². The fourth-order valence-corrected chi connectivity index (χ4v) is 5.83. The van der Waals surface area contributed by atoms with Gasteiger partial charge >= 0.3 is 0 Å². The van der Waals surface area contributed by atoms with Gasteiger partial charge in [0.15, 0.2) is 0 Å². The molecule has 0 bridgehead atoms. The second-order valence-electron chi connectivity index (χ2n) is 6.41. The van der Waals surface area contributed by atoms with E-state index in [4.69, 9.17) is 4.74 Å². The summed E-state index contributed by atoms with van der Waals surface area (Å²) in [5.41, 5.74) is 0. The first-order chi connectivity index (χ1) is 10.5. The minimum atomic E-state index is -3.24. The Morgan fingerprint density at radius 3 is 2.91 bits per heavy atom. The SMILES string of the molecule is Cc1nccn1C[C@@H]1CCCN1S(=O)(=O)[C@@H]1CCO[C@@H](C)C1. The van der Waals surface area contributed by atoms with E-state index in [0.717, 1.165) is 18.7 Å². The first-order valence-corrected chi connectivity index (χ1v) is 9.59. The number of nitrogens with zero attached hydrogens (tertiary/aromatic N) is 3. The van der Waals surface area contributed by atoms with Crippen LogP contribution in [0.15, 0.2) is 12.4 Å². The van der Waals surface area contributed by atoms with Crippen LogP contribution in [0.3, 0.4) is 0 Å². The van der Waals surface area contributed by atoms with Crippen LogP contribution in [0.2, 0.25) is 0 Å². The van der Waals surface area contributed by atoms with Crippen LogP contribution < -0.4 is 0 Å². The molecule has 3 rings (SSSR count). The van der Waals surface area contributed by atoms with Gasteiger partial charge in [0.25, 0.3) is 0 Å². The highest BCUT2D eigenvalue weighted by Gasteiger charge is 2.41. The Labute approximate surface area is 132 Å². The zero-order chi connectivity index (χ0) is 15.7. The molecular formula is C15H25N3O3S.